The number of alkyl halides is 1. The molecule has 2 amide bonds. The van der Waals surface area contributed by atoms with Gasteiger partial charge in [-0.15, -0.1) is 0 Å². The van der Waals surface area contributed by atoms with E-state index in [1.54, 1.807) is 18.3 Å². The van der Waals surface area contributed by atoms with Gasteiger partial charge in [-0.3, -0.25) is 14.4 Å². The average molecular weight is 402 g/mol. The van der Waals surface area contributed by atoms with E-state index < -0.39 is 18.4 Å². The van der Waals surface area contributed by atoms with Crippen LogP contribution in [0.5, 0.6) is 5.75 Å². The second-order valence-electron chi connectivity index (χ2n) is 7.44. The highest BCUT2D eigenvalue weighted by atomic mass is 19.1. The summed E-state index contributed by atoms with van der Waals surface area (Å²) in [7, 11) is 1.31. The Balaban J connectivity index is 1.83. The third-order valence-corrected chi connectivity index (χ3v) is 5.40. The molecule has 29 heavy (non-hydrogen) atoms. The number of halogens is 1. The van der Waals surface area contributed by atoms with Crippen molar-refractivity contribution in [1.29, 1.82) is 0 Å². The summed E-state index contributed by atoms with van der Waals surface area (Å²) in [5, 5.41) is 4.38. The summed E-state index contributed by atoms with van der Waals surface area (Å²) in [6.07, 6.45) is 4.10. The van der Waals surface area contributed by atoms with E-state index in [9.17, 15) is 14.0 Å². The van der Waals surface area contributed by atoms with Gasteiger partial charge >= 0.3 is 12.5 Å². The van der Waals surface area contributed by atoms with Crippen LogP contribution in [0, 0.1) is 0 Å². The molecule has 1 saturated carbocycles. The summed E-state index contributed by atoms with van der Waals surface area (Å²) in [5.41, 5.74) is 7.62. The molecule has 2 aromatic rings. The van der Waals surface area contributed by atoms with Crippen molar-refractivity contribution >= 4 is 17.7 Å². The number of primary amides is 1. The first-order valence-corrected chi connectivity index (χ1v) is 9.58. The molecule has 1 aliphatic carbocycles. The Hall–Kier alpha value is -3.10. The van der Waals surface area contributed by atoms with Crippen LogP contribution in [0.2, 0.25) is 0 Å². The second kappa shape index (κ2) is 7.38. The number of rotatable bonds is 5. The Morgan fingerprint density at radius 1 is 1.31 bits per heavy atom. The van der Waals surface area contributed by atoms with Crippen molar-refractivity contribution in [3.63, 3.8) is 0 Å². The van der Waals surface area contributed by atoms with Crippen LogP contribution < -0.4 is 15.4 Å². The summed E-state index contributed by atoms with van der Waals surface area (Å²) >= 11 is 0. The predicted molar refractivity (Wildman–Crippen MR) is 103 cm³/mol. The van der Waals surface area contributed by atoms with Crippen LogP contribution in [0.25, 0.3) is 11.1 Å². The number of nitrogens with two attached hydrogens (primary N) is 1. The van der Waals surface area contributed by atoms with E-state index in [0.29, 0.717) is 35.7 Å². The van der Waals surface area contributed by atoms with Gasteiger partial charge in [-0.05, 0) is 44.7 Å². The number of nitrogens with zero attached hydrogens (tertiary/aromatic N) is 3. The fourth-order valence-corrected chi connectivity index (χ4v) is 3.72. The highest BCUT2D eigenvalue weighted by molar-refractivity contribution is 5.92. The first-order chi connectivity index (χ1) is 13.9. The molecule has 0 spiro atoms. The van der Waals surface area contributed by atoms with E-state index in [1.165, 1.54) is 12.0 Å². The van der Waals surface area contributed by atoms with Gasteiger partial charge in [0.2, 0.25) is 0 Å². The maximum atomic E-state index is 14.2. The molecule has 2 aliphatic rings. The topological polar surface area (TPSA) is 99.7 Å². The first kappa shape index (κ1) is 19.2. The molecule has 0 unspecified atom stereocenters. The standard InChI is InChI=1S/C20H23FN4O4/c1-11-3-6-15-16(25(11)20(27)28-2)8-7-14(17(15)29-18(21)19(22)26)12-9-23-24(10-12)13-4-5-13/h7-11,13,18H,3-6H2,1-2H3,(H2,22,26)/t11-,18-/m0/s1. The van der Waals surface area contributed by atoms with Gasteiger partial charge in [0.15, 0.2) is 0 Å². The van der Waals surface area contributed by atoms with E-state index in [-0.39, 0.29) is 11.8 Å². The molecule has 2 N–H and O–H groups in total. The lowest BCUT2D eigenvalue weighted by Gasteiger charge is -2.35. The molecular formula is C20H23FN4O4. The lowest BCUT2D eigenvalue weighted by molar-refractivity contribution is -0.131. The number of ether oxygens (including phenoxy) is 2. The minimum atomic E-state index is -2.30. The summed E-state index contributed by atoms with van der Waals surface area (Å²) in [5.74, 6) is -1.01. The van der Waals surface area contributed by atoms with Crippen LogP contribution in [0.1, 0.15) is 37.8 Å². The molecule has 0 radical (unpaired) electrons. The number of fused-ring (bicyclic) bond motifs is 1. The van der Waals surface area contributed by atoms with Gasteiger partial charge in [-0.2, -0.15) is 9.49 Å². The molecule has 2 atom stereocenters. The molecule has 154 valence electrons. The molecule has 1 aliphatic heterocycles. The van der Waals surface area contributed by atoms with Crippen molar-refractivity contribution in [2.45, 2.75) is 51.0 Å². The lowest BCUT2D eigenvalue weighted by Crippen LogP contribution is -2.42. The third kappa shape index (κ3) is 3.52. The molecule has 4 rings (SSSR count). The van der Waals surface area contributed by atoms with E-state index in [4.69, 9.17) is 15.2 Å². The van der Waals surface area contributed by atoms with Crippen molar-refractivity contribution in [1.82, 2.24) is 9.78 Å². The van der Waals surface area contributed by atoms with Crippen LogP contribution in [0.15, 0.2) is 24.5 Å². The molecule has 1 fully saturated rings. The Morgan fingerprint density at radius 2 is 2.07 bits per heavy atom. The summed E-state index contributed by atoms with van der Waals surface area (Å²) < 4.78 is 26.4. The Morgan fingerprint density at radius 3 is 2.72 bits per heavy atom. The molecule has 2 heterocycles. The van der Waals surface area contributed by atoms with E-state index in [2.05, 4.69) is 5.10 Å². The summed E-state index contributed by atoms with van der Waals surface area (Å²) in [4.78, 5) is 25.2. The maximum absolute atomic E-state index is 14.2. The molecule has 9 heteroatoms. The fraction of sp³-hybridized carbons (Fsp3) is 0.450. The monoisotopic (exact) mass is 402 g/mol. The zero-order valence-electron chi connectivity index (χ0n) is 16.3. The minimum Gasteiger partial charge on any atom is -0.452 e. The van der Waals surface area contributed by atoms with Gasteiger partial charge in [0.1, 0.15) is 5.75 Å². The van der Waals surface area contributed by atoms with Crippen LogP contribution in [-0.4, -0.2) is 41.3 Å². The van der Waals surface area contributed by atoms with Crippen molar-refractivity contribution in [3.05, 3.63) is 30.1 Å². The molecule has 8 nitrogen and oxygen atoms in total. The van der Waals surface area contributed by atoms with E-state index in [0.717, 1.165) is 18.4 Å². The number of aromatic nitrogens is 2. The average Bonchev–Trinajstić information content (AvgIpc) is 3.44. The zero-order valence-corrected chi connectivity index (χ0v) is 16.3. The number of carbonyl (C=O) groups excluding carboxylic acids is 2. The van der Waals surface area contributed by atoms with Crippen LogP contribution in [-0.2, 0) is 16.0 Å². The number of hydrogen-bond acceptors (Lipinski definition) is 5. The van der Waals surface area contributed by atoms with Crippen molar-refractivity contribution < 1.29 is 23.5 Å². The van der Waals surface area contributed by atoms with Crippen LogP contribution in [0.3, 0.4) is 0 Å². The minimum absolute atomic E-state index is 0.0939. The number of carbonyl (C=O) groups is 2. The number of hydrogen-bond donors (Lipinski definition) is 1. The SMILES string of the molecule is COC(=O)N1c2ccc(-c3cnn(C4CC4)c3)c(O[C@H](F)C(N)=O)c2CC[C@@H]1C. The highest BCUT2D eigenvalue weighted by Crippen LogP contribution is 2.44. The first-order valence-electron chi connectivity index (χ1n) is 9.58. The highest BCUT2D eigenvalue weighted by Gasteiger charge is 2.33. The molecular weight excluding hydrogens is 379 g/mol. The number of amides is 2. The van der Waals surface area contributed by atoms with E-state index >= 15 is 0 Å². The van der Waals surface area contributed by atoms with Crippen LogP contribution >= 0.6 is 0 Å². The van der Waals surface area contributed by atoms with Crippen molar-refractivity contribution in [3.8, 4) is 16.9 Å². The normalized spacial score (nSPS) is 19.4. The van der Waals surface area contributed by atoms with Gasteiger partial charge in [0.25, 0.3) is 5.91 Å². The van der Waals surface area contributed by atoms with Gasteiger partial charge in [0, 0.05) is 28.9 Å². The maximum Gasteiger partial charge on any atom is 0.414 e. The quantitative estimate of drug-likeness (QED) is 0.829. The molecule has 0 saturated heterocycles. The summed E-state index contributed by atoms with van der Waals surface area (Å²) in [6.45, 7) is 1.91. The Labute approximate surface area is 167 Å². The van der Waals surface area contributed by atoms with Gasteiger partial charge in [-0.1, -0.05) is 0 Å². The third-order valence-electron chi connectivity index (χ3n) is 5.40. The van der Waals surface area contributed by atoms with Crippen molar-refractivity contribution in [2.24, 2.45) is 5.73 Å². The van der Waals surface area contributed by atoms with Crippen molar-refractivity contribution in [2.75, 3.05) is 12.0 Å². The lowest BCUT2D eigenvalue weighted by atomic mass is 9.92. The molecule has 1 aromatic heterocycles. The smallest absolute Gasteiger partial charge is 0.414 e. The number of methoxy groups -OCH3 is 1. The molecule has 0 bridgehead atoms. The fourth-order valence-electron chi connectivity index (χ4n) is 3.72. The van der Waals surface area contributed by atoms with Gasteiger partial charge in [-0.25, -0.2) is 4.79 Å². The second-order valence-corrected chi connectivity index (χ2v) is 7.44. The Kier molecular flexibility index (Phi) is 4.89. The zero-order chi connectivity index (χ0) is 20.7. The predicted octanol–water partition coefficient (Wildman–Crippen LogP) is 2.95. The largest absolute Gasteiger partial charge is 0.452 e. The number of benzene rings is 1. The molecule has 1 aromatic carbocycles. The van der Waals surface area contributed by atoms with Gasteiger partial charge in [0.05, 0.1) is 25.0 Å². The van der Waals surface area contributed by atoms with Gasteiger partial charge < -0.3 is 15.2 Å². The number of anilines is 1. The Bertz CT molecular complexity index is 956. The summed E-state index contributed by atoms with van der Waals surface area (Å²) in [6, 6.07) is 3.82. The van der Waals surface area contributed by atoms with Crippen LogP contribution in [0.4, 0.5) is 14.9 Å². The van der Waals surface area contributed by atoms with E-state index in [1.807, 2.05) is 17.8 Å².